The van der Waals surface area contributed by atoms with Crippen LogP contribution in [0, 0.1) is 0 Å². The Labute approximate surface area is 84.4 Å². The lowest BCUT2D eigenvalue weighted by atomic mass is 10.5. The lowest BCUT2D eigenvalue weighted by molar-refractivity contribution is 0.537. The van der Waals surface area contributed by atoms with Gasteiger partial charge in [0.25, 0.3) is 0 Å². The second-order valence-electron chi connectivity index (χ2n) is 2.58. The highest BCUT2D eigenvalue weighted by atomic mass is 32.3. The molecule has 1 aromatic heterocycles. The molecule has 0 unspecified atom stereocenters. The fourth-order valence-electron chi connectivity index (χ4n) is 0.829. The maximum atomic E-state index is 12.1. The standard InChI is InChI=1S/C6H9FN2O3S2/c1-2-5-8-9(6(10)13-5)3-4-14(7,11)12/h2-4H2,1H3. The third-order valence-corrected chi connectivity index (χ3v) is 3.16. The molecule has 14 heavy (non-hydrogen) atoms. The van der Waals surface area contributed by atoms with Gasteiger partial charge in [-0.1, -0.05) is 18.3 Å². The van der Waals surface area contributed by atoms with Gasteiger partial charge < -0.3 is 0 Å². The van der Waals surface area contributed by atoms with Crippen molar-refractivity contribution in [2.45, 2.75) is 19.9 Å². The molecule has 0 saturated carbocycles. The van der Waals surface area contributed by atoms with Crippen molar-refractivity contribution in [1.29, 1.82) is 0 Å². The number of hydrogen-bond acceptors (Lipinski definition) is 5. The molecule has 0 saturated heterocycles. The van der Waals surface area contributed by atoms with Gasteiger partial charge in [-0.3, -0.25) is 4.79 Å². The third-order valence-electron chi connectivity index (χ3n) is 1.50. The Morgan fingerprint density at radius 2 is 2.21 bits per heavy atom. The first-order chi connectivity index (χ1) is 6.42. The van der Waals surface area contributed by atoms with Crippen LogP contribution < -0.4 is 4.87 Å². The molecule has 0 radical (unpaired) electrons. The minimum absolute atomic E-state index is 0.228. The van der Waals surface area contributed by atoms with Gasteiger partial charge in [0.15, 0.2) is 0 Å². The molecule has 1 rings (SSSR count). The smallest absolute Gasteiger partial charge is 0.255 e. The summed E-state index contributed by atoms with van der Waals surface area (Å²) in [5.41, 5.74) is 0. The molecule has 0 atom stereocenters. The van der Waals surface area contributed by atoms with E-state index in [0.717, 1.165) is 16.0 Å². The highest BCUT2D eigenvalue weighted by molar-refractivity contribution is 7.86. The zero-order chi connectivity index (χ0) is 10.8. The molecule has 1 aromatic rings. The first-order valence-corrected chi connectivity index (χ1v) is 6.28. The molecule has 0 aliphatic heterocycles. The molecule has 0 spiro atoms. The maximum absolute atomic E-state index is 12.1. The van der Waals surface area contributed by atoms with E-state index in [1.165, 1.54) is 0 Å². The molecule has 8 heteroatoms. The molecule has 0 fully saturated rings. The summed E-state index contributed by atoms with van der Waals surface area (Å²) in [7, 11) is -4.53. The molecule has 0 aromatic carbocycles. The summed E-state index contributed by atoms with van der Waals surface area (Å²) < 4.78 is 33.5. The van der Waals surface area contributed by atoms with Crippen molar-refractivity contribution in [3.8, 4) is 0 Å². The van der Waals surface area contributed by atoms with Crippen LogP contribution in [0.3, 0.4) is 0 Å². The van der Waals surface area contributed by atoms with Crippen LogP contribution in [0.25, 0.3) is 0 Å². The van der Waals surface area contributed by atoms with Gasteiger partial charge in [-0.2, -0.15) is 13.5 Å². The Morgan fingerprint density at radius 1 is 1.57 bits per heavy atom. The fourth-order valence-corrected chi connectivity index (χ4v) is 1.94. The third kappa shape index (κ3) is 3.18. The zero-order valence-electron chi connectivity index (χ0n) is 7.43. The maximum Gasteiger partial charge on any atom is 0.325 e. The molecule has 0 bridgehead atoms. The lowest BCUT2D eigenvalue weighted by Crippen LogP contribution is -2.19. The fraction of sp³-hybridized carbons (Fsp3) is 0.667. The van der Waals surface area contributed by atoms with Crippen LogP contribution in [-0.4, -0.2) is 24.0 Å². The van der Waals surface area contributed by atoms with E-state index >= 15 is 0 Å². The van der Waals surface area contributed by atoms with E-state index < -0.39 is 16.0 Å². The van der Waals surface area contributed by atoms with E-state index in [4.69, 9.17) is 0 Å². The largest absolute Gasteiger partial charge is 0.325 e. The van der Waals surface area contributed by atoms with Gasteiger partial charge in [-0.15, -0.1) is 3.89 Å². The molecule has 1 heterocycles. The first kappa shape index (κ1) is 11.3. The molecule has 0 amide bonds. The molecular weight excluding hydrogens is 231 g/mol. The molecular formula is C6H9FN2O3S2. The summed E-state index contributed by atoms with van der Waals surface area (Å²) in [6, 6.07) is 0. The summed E-state index contributed by atoms with van der Waals surface area (Å²) in [6.45, 7) is 1.60. The van der Waals surface area contributed by atoms with E-state index in [-0.39, 0.29) is 11.4 Å². The van der Waals surface area contributed by atoms with Crippen molar-refractivity contribution in [3.63, 3.8) is 0 Å². The predicted molar refractivity (Wildman–Crippen MR) is 50.6 cm³/mol. The average molecular weight is 240 g/mol. The van der Waals surface area contributed by atoms with Crippen LogP contribution in [0.2, 0.25) is 0 Å². The Bertz CT molecular complexity index is 462. The molecule has 0 aliphatic carbocycles. The van der Waals surface area contributed by atoms with E-state index in [2.05, 4.69) is 5.10 Å². The number of hydrogen-bond donors (Lipinski definition) is 0. The first-order valence-electron chi connectivity index (χ1n) is 3.91. The van der Waals surface area contributed by atoms with Crippen LogP contribution in [0.15, 0.2) is 4.79 Å². The number of halogens is 1. The number of nitrogens with zero attached hydrogens (tertiary/aromatic N) is 2. The molecule has 0 N–H and O–H groups in total. The molecule has 5 nitrogen and oxygen atoms in total. The number of rotatable bonds is 4. The van der Waals surface area contributed by atoms with Gasteiger partial charge >= 0.3 is 15.1 Å². The minimum atomic E-state index is -4.53. The minimum Gasteiger partial charge on any atom is -0.255 e. The number of aryl methyl sites for hydroxylation is 2. The summed E-state index contributed by atoms with van der Waals surface area (Å²) in [5.74, 6) is -0.709. The van der Waals surface area contributed by atoms with Crippen LogP contribution in [0.1, 0.15) is 11.9 Å². The van der Waals surface area contributed by atoms with Crippen molar-refractivity contribution in [2.24, 2.45) is 0 Å². The number of aromatic nitrogens is 2. The second kappa shape index (κ2) is 4.18. The van der Waals surface area contributed by atoms with Gasteiger partial charge in [0.2, 0.25) is 0 Å². The summed E-state index contributed by atoms with van der Waals surface area (Å²) in [6.07, 6.45) is 0.606. The Kier molecular flexibility index (Phi) is 3.38. The van der Waals surface area contributed by atoms with Crippen molar-refractivity contribution >= 4 is 21.6 Å². The van der Waals surface area contributed by atoms with Crippen molar-refractivity contribution in [1.82, 2.24) is 9.78 Å². The van der Waals surface area contributed by atoms with Gasteiger partial charge in [0.05, 0.1) is 12.3 Å². The van der Waals surface area contributed by atoms with E-state index in [1.807, 2.05) is 6.92 Å². The normalized spacial score (nSPS) is 11.9. The summed E-state index contributed by atoms with van der Waals surface area (Å²) >= 11 is 0.944. The zero-order valence-corrected chi connectivity index (χ0v) is 9.07. The SMILES string of the molecule is CCc1nn(CCS(=O)(=O)F)c(=O)s1. The lowest BCUT2D eigenvalue weighted by Gasteiger charge is -1.94. The van der Waals surface area contributed by atoms with Gasteiger partial charge in [-0.05, 0) is 6.42 Å². The molecule has 0 aliphatic rings. The van der Waals surface area contributed by atoms with E-state index in [0.29, 0.717) is 11.4 Å². The molecule has 80 valence electrons. The van der Waals surface area contributed by atoms with Crippen molar-refractivity contribution in [2.75, 3.05) is 5.75 Å². The van der Waals surface area contributed by atoms with Crippen molar-refractivity contribution < 1.29 is 12.3 Å². The topological polar surface area (TPSA) is 69.0 Å². The monoisotopic (exact) mass is 240 g/mol. The van der Waals surface area contributed by atoms with E-state index in [1.54, 1.807) is 0 Å². The Balaban J connectivity index is 2.77. The van der Waals surface area contributed by atoms with Crippen LogP contribution in [-0.2, 0) is 23.2 Å². The van der Waals surface area contributed by atoms with Gasteiger partial charge in [0.1, 0.15) is 5.01 Å². The van der Waals surface area contributed by atoms with Crippen molar-refractivity contribution in [3.05, 3.63) is 14.7 Å². The van der Waals surface area contributed by atoms with Crippen LogP contribution in [0.4, 0.5) is 3.89 Å². The highest BCUT2D eigenvalue weighted by Crippen LogP contribution is 2.00. The summed E-state index contributed by atoms with van der Waals surface area (Å²) in [5, 5.41) is 4.44. The summed E-state index contributed by atoms with van der Waals surface area (Å²) in [4.78, 5) is 10.8. The average Bonchev–Trinajstić information content (AvgIpc) is 2.42. The van der Waals surface area contributed by atoms with Crippen LogP contribution >= 0.6 is 11.3 Å². The van der Waals surface area contributed by atoms with E-state index in [9.17, 15) is 17.1 Å². The van der Waals surface area contributed by atoms with Crippen LogP contribution in [0.5, 0.6) is 0 Å². The quantitative estimate of drug-likeness (QED) is 0.703. The Hall–Kier alpha value is -0.760. The Morgan fingerprint density at radius 3 is 2.64 bits per heavy atom. The highest BCUT2D eigenvalue weighted by Gasteiger charge is 2.10. The predicted octanol–water partition coefficient (Wildman–Crippen LogP) is 0.167. The second-order valence-corrected chi connectivity index (χ2v) is 5.09. The van der Waals surface area contributed by atoms with Gasteiger partial charge in [0, 0.05) is 0 Å². The van der Waals surface area contributed by atoms with Gasteiger partial charge in [-0.25, -0.2) is 4.68 Å².